The summed E-state index contributed by atoms with van der Waals surface area (Å²) in [7, 11) is 1.88. The van der Waals surface area contributed by atoms with Gasteiger partial charge in [0.1, 0.15) is 5.54 Å². The first-order chi connectivity index (χ1) is 9.62. The highest BCUT2D eigenvalue weighted by atomic mass is 16.5. The number of carbonyl (C=O) groups is 1. The van der Waals surface area contributed by atoms with Gasteiger partial charge in [-0.25, -0.2) is 4.79 Å². The molecular weight excluding hydrogens is 256 g/mol. The van der Waals surface area contributed by atoms with E-state index in [9.17, 15) is 4.79 Å². The summed E-state index contributed by atoms with van der Waals surface area (Å²) < 4.78 is 11.0. The first-order valence-electron chi connectivity index (χ1n) is 7.82. The molecule has 0 spiro atoms. The van der Waals surface area contributed by atoms with Gasteiger partial charge in [-0.15, -0.1) is 0 Å². The fourth-order valence-electron chi connectivity index (χ4n) is 3.16. The van der Waals surface area contributed by atoms with Crippen molar-refractivity contribution in [2.75, 3.05) is 39.9 Å². The van der Waals surface area contributed by atoms with E-state index in [1.54, 1.807) is 0 Å². The highest BCUT2D eigenvalue weighted by Crippen LogP contribution is 2.41. The molecule has 5 nitrogen and oxygen atoms in total. The van der Waals surface area contributed by atoms with Crippen molar-refractivity contribution in [3.05, 3.63) is 0 Å². The number of carbonyl (C=O) groups excluding carboxylic acids is 1. The van der Waals surface area contributed by atoms with Crippen LogP contribution in [0.15, 0.2) is 0 Å². The molecule has 2 unspecified atom stereocenters. The highest BCUT2D eigenvalue weighted by molar-refractivity contribution is 5.82. The lowest BCUT2D eigenvalue weighted by Crippen LogP contribution is -2.60. The topological polar surface area (TPSA) is 50.8 Å². The Morgan fingerprint density at radius 3 is 2.85 bits per heavy atom. The van der Waals surface area contributed by atoms with Gasteiger partial charge in [0, 0.05) is 26.2 Å². The number of nitrogens with zero attached hydrogens (tertiary/aromatic N) is 1. The number of hydrogen-bond donors (Lipinski definition) is 1. The number of hydrogen-bond acceptors (Lipinski definition) is 5. The third-order valence-electron chi connectivity index (χ3n) is 4.37. The molecule has 1 aliphatic heterocycles. The van der Waals surface area contributed by atoms with E-state index >= 15 is 0 Å². The van der Waals surface area contributed by atoms with Crippen LogP contribution in [0, 0.1) is 5.92 Å². The van der Waals surface area contributed by atoms with Gasteiger partial charge in [-0.05, 0) is 46.1 Å². The van der Waals surface area contributed by atoms with Gasteiger partial charge < -0.3 is 14.8 Å². The van der Waals surface area contributed by atoms with E-state index in [0.29, 0.717) is 12.5 Å². The van der Waals surface area contributed by atoms with Gasteiger partial charge >= 0.3 is 5.97 Å². The molecule has 116 valence electrons. The number of nitrogens with one attached hydrogen (secondary N) is 1. The van der Waals surface area contributed by atoms with Crippen molar-refractivity contribution in [3.63, 3.8) is 0 Å². The minimum Gasteiger partial charge on any atom is -0.465 e. The second kappa shape index (κ2) is 6.87. The van der Waals surface area contributed by atoms with Crippen LogP contribution in [-0.2, 0) is 14.3 Å². The maximum Gasteiger partial charge on any atom is 0.327 e. The van der Waals surface area contributed by atoms with E-state index in [0.717, 1.165) is 45.5 Å². The fraction of sp³-hybridized carbons (Fsp3) is 0.933. The molecule has 0 aromatic rings. The molecule has 0 aromatic heterocycles. The van der Waals surface area contributed by atoms with E-state index < -0.39 is 5.54 Å². The Balaban J connectivity index is 2.08. The highest BCUT2D eigenvalue weighted by Gasteiger charge is 2.52. The normalized spacial score (nSPS) is 27.6. The second-order valence-corrected chi connectivity index (χ2v) is 5.99. The summed E-state index contributed by atoms with van der Waals surface area (Å²) in [6.07, 6.45) is 3.48. The Morgan fingerprint density at radius 2 is 2.25 bits per heavy atom. The monoisotopic (exact) mass is 284 g/mol. The van der Waals surface area contributed by atoms with Gasteiger partial charge in [0.25, 0.3) is 0 Å². The maximum atomic E-state index is 12.5. The van der Waals surface area contributed by atoms with Gasteiger partial charge in [-0.3, -0.25) is 4.90 Å². The molecule has 0 radical (unpaired) electrons. The molecule has 1 saturated heterocycles. The third-order valence-corrected chi connectivity index (χ3v) is 4.37. The van der Waals surface area contributed by atoms with Crippen LogP contribution in [0.5, 0.6) is 0 Å². The van der Waals surface area contributed by atoms with E-state index in [4.69, 9.17) is 9.47 Å². The molecule has 1 aliphatic carbocycles. The van der Waals surface area contributed by atoms with Crippen molar-refractivity contribution < 1.29 is 14.3 Å². The molecule has 20 heavy (non-hydrogen) atoms. The fourth-order valence-corrected chi connectivity index (χ4v) is 3.16. The summed E-state index contributed by atoms with van der Waals surface area (Å²) in [5.41, 5.74) is -0.542. The lowest BCUT2D eigenvalue weighted by atomic mass is 9.92. The van der Waals surface area contributed by atoms with Crippen LogP contribution >= 0.6 is 0 Å². The van der Waals surface area contributed by atoms with Gasteiger partial charge in [-0.1, -0.05) is 0 Å². The molecule has 0 aromatic carbocycles. The number of ether oxygens (including phenoxy) is 2. The van der Waals surface area contributed by atoms with Crippen LogP contribution in [0.25, 0.3) is 0 Å². The molecule has 1 heterocycles. The number of likely N-dealkylation sites (N-methyl/N-ethyl adjacent to an activating group) is 1. The average molecular weight is 284 g/mol. The molecule has 2 aliphatic rings. The minimum absolute atomic E-state index is 0.0946. The first kappa shape index (κ1) is 15.7. The smallest absolute Gasteiger partial charge is 0.327 e. The predicted molar refractivity (Wildman–Crippen MR) is 77.6 cm³/mol. The Hall–Kier alpha value is -0.650. The first-order valence-corrected chi connectivity index (χ1v) is 7.82. The quantitative estimate of drug-likeness (QED) is 0.738. The lowest BCUT2D eigenvalue weighted by molar-refractivity contribution is -0.153. The summed E-state index contributed by atoms with van der Waals surface area (Å²) in [4.78, 5) is 14.8. The molecule has 1 saturated carbocycles. The van der Waals surface area contributed by atoms with Gasteiger partial charge in [0.05, 0.1) is 12.7 Å². The Labute approximate surface area is 122 Å². The zero-order chi connectivity index (χ0) is 14.6. The summed E-state index contributed by atoms with van der Waals surface area (Å²) in [6.45, 7) is 7.81. The molecule has 5 heteroatoms. The van der Waals surface area contributed by atoms with Crippen LogP contribution < -0.4 is 5.32 Å². The van der Waals surface area contributed by atoms with Crippen molar-refractivity contribution in [1.82, 2.24) is 10.2 Å². The Morgan fingerprint density at radius 1 is 1.50 bits per heavy atom. The summed E-state index contributed by atoms with van der Waals surface area (Å²) in [5, 5.41) is 3.29. The van der Waals surface area contributed by atoms with Crippen molar-refractivity contribution in [2.24, 2.45) is 5.92 Å². The minimum atomic E-state index is -0.542. The van der Waals surface area contributed by atoms with Crippen LogP contribution in [0.4, 0.5) is 0 Å². The van der Waals surface area contributed by atoms with Crippen LogP contribution in [0.1, 0.15) is 33.1 Å². The predicted octanol–water partition coefficient (Wildman–Crippen LogP) is 1.03. The third kappa shape index (κ3) is 3.51. The van der Waals surface area contributed by atoms with Gasteiger partial charge in [0.2, 0.25) is 0 Å². The molecule has 2 atom stereocenters. The van der Waals surface area contributed by atoms with Crippen molar-refractivity contribution in [2.45, 2.75) is 44.8 Å². The maximum absolute atomic E-state index is 12.5. The summed E-state index contributed by atoms with van der Waals surface area (Å²) in [6, 6.07) is 0. The van der Waals surface area contributed by atoms with E-state index in [1.165, 1.54) is 0 Å². The SMILES string of the molecule is CCOC(=O)C(CN1CCCOC(C)C1)(NC)C1CC1. The largest absolute Gasteiger partial charge is 0.465 e. The molecule has 0 amide bonds. The summed E-state index contributed by atoms with van der Waals surface area (Å²) >= 11 is 0. The zero-order valence-corrected chi connectivity index (χ0v) is 13.0. The van der Waals surface area contributed by atoms with E-state index in [2.05, 4.69) is 17.1 Å². The van der Waals surface area contributed by atoms with E-state index in [-0.39, 0.29) is 12.1 Å². The molecular formula is C15H28N2O3. The second-order valence-electron chi connectivity index (χ2n) is 5.99. The van der Waals surface area contributed by atoms with Gasteiger partial charge in [-0.2, -0.15) is 0 Å². The Bertz CT molecular complexity index is 333. The van der Waals surface area contributed by atoms with Crippen LogP contribution in [0.3, 0.4) is 0 Å². The van der Waals surface area contributed by atoms with Crippen molar-refractivity contribution in [3.8, 4) is 0 Å². The molecule has 0 bridgehead atoms. The van der Waals surface area contributed by atoms with Crippen LogP contribution in [0.2, 0.25) is 0 Å². The lowest BCUT2D eigenvalue weighted by Gasteiger charge is -2.36. The molecule has 2 rings (SSSR count). The number of rotatable bonds is 6. The summed E-state index contributed by atoms with van der Waals surface area (Å²) in [5.74, 6) is 0.314. The standard InChI is InChI=1S/C15H28N2O3/c1-4-19-14(18)15(16-3,13-6-7-13)11-17-8-5-9-20-12(2)10-17/h12-13,16H,4-11H2,1-3H3. The van der Waals surface area contributed by atoms with Gasteiger partial charge in [0.15, 0.2) is 0 Å². The average Bonchev–Trinajstić information content (AvgIpc) is 3.25. The van der Waals surface area contributed by atoms with E-state index in [1.807, 2.05) is 14.0 Å². The van der Waals surface area contributed by atoms with Crippen molar-refractivity contribution >= 4 is 5.97 Å². The Kier molecular flexibility index (Phi) is 5.41. The zero-order valence-electron chi connectivity index (χ0n) is 13.0. The number of esters is 1. The molecule has 1 N–H and O–H groups in total. The van der Waals surface area contributed by atoms with Crippen molar-refractivity contribution in [1.29, 1.82) is 0 Å². The van der Waals surface area contributed by atoms with Crippen LogP contribution in [-0.4, -0.2) is 62.4 Å². The molecule has 2 fully saturated rings.